The molecular weight excluding hydrogens is 234 g/mol. The summed E-state index contributed by atoms with van der Waals surface area (Å²) in [7, 11) is -0.184. The number of benzene rings is 1. The molecule has 3 heteroatoms. The summed E-state index contributed by atoms with van der Waals surface area (Å²) < 4.78 is 0. The largest absolute Gasteiger partial charge is 0.384 e. The molecule has 0 aliphatic carbocycles. The van der Waals surface area contributed by atoms with Crippen molar-refractivity contribution in [3.63, 3.8) is 0 Å². The molecule has 1 radical (unpaired) electrons. The van der Waals surface area contributed by atoms with Gasteiger partial charge in [-0.15, -0.1) is 0 Å². The lowest BCUT2D eigenvalue weighted by Crippen LogP contribution is -2.30. The molecule has 1 nitrogen and oxygen atoms in total. The van der Waals surface area contributed by atoms with Gasteiger partial charge in [0, 0.05) is 6.54 Å². The predicted octanol–water partition coefficient (Wildman–Crippen LogP) is 4.21. The summed E-state index contributed by atoms with van der Waals surface area (Å²) in [6, 6.07) is 9.01. The molecule has 0 amide bonds. The zero-order chi connectivity index (χ0) is 11.5. The van der Waals surface area contributed by atoms with Crippen molar-refractivity contribution in [3.05, 3.63) is 28.8 Å². The van der Waals surface area contributed by atoms with Gasteiger partial charge in [0.1, 0.15) is 0 Å². The lowest BCUT2D eigenvalue weighted by atomic mass is 10.0. The Kier molecular flexibility index (Phi) is 3.93. The molecule has 1 N–H and O–H groups in total. The maximum atomic E-state index is 6.18. The summed E-state index contributed by atoms with van der Waals surface area (Å²) in [5.74, 6) is 0. The lowest BCUT2D eigenvalue weighted by molar-refractivity contribution is 0.796. The molecule has 0 saturated heterocycles. The highest BCUT2D eigenvalue weighted by Gasteiger charge is 2.25. The zero-order valence-electron chi connectivity index (χ0n) is 10.0. The first-order valence-corrected chi connectivity index (χ1v) is 8.49. The number of fused-ring (bicyclic) bond motifs is 1. The summed E-state index contributed by atoms with van der Waals surface area (Å²) in [6.07, 6.45) is 1.22. The highest BCUT2D eigenvalue weighted by molar-refractivity contribution is 6.60. The highest BCUT2D eigenvalue weighted by atomic mass is 35.5. The fourth-order valence-corrected chi connectivity index (χ4v) is 5.43. The van der Waals surface area contributed by atoms with Crippen molar-refractivity contribution in [2.45, 2.75) is 37.9 Å². The molecule has 1 aromatic carbocycles. The fraction of sp³-hybridized carbons (Fsp3) is 0.538. The Labute approximate surface area is 105 Å². The van der Waals surface area contributed by atoms with Crippen LogP contribution in [-0.4, -0.2) is 15.3 Å². The quantitative estimate of drug-likeness (QED) is 0.795. The topological polar surface area (TPSA) is 12.0 Å². The molecule has 0 fully saturated rings. The maximum Gasteiger partial charge on any atom is 0.0640 e. The Hall–Kier alpha value is -0.473. The molecule has 0 aromatic heterocycles. The number of anilines is 1. The lowest BCUT2D eigenvalue weighted by Gasteiger charge is -2.31. The van der Waals surface area contributed by atoms with Gasteiger partial charge in [0.2, 0.25) is 0 Å². The van der Waals surface area contributed by atoms with E-state index in [-0.39, 0.29) is 8.80 Å². The minimum absolute atomic E-state index is 0.184. The Morgan fingerprint density at radius 3 is 2.81 bits per heavy atom. The molecule has 0 bridgehead atoms. The number of hydrogen-bond donors (Lipinski definition) is 1. The summed E-state index contributed by atoms with van der Waals surface area (Å²) in [5, 5.41) is 4.40. The molecule has 1 aliphatic rings. The standard InChI is InChI=1S/C13H19ClNSi/c1-3-16(4-2)11-8-10-6-5-7-12(14)13(10)15-9-11/h5-7,11,15H,3-4,8-9H2,1-2H3. The van der Waals surface area contributed by atoms with Crippen molar-refractivity contribution < 1.29 is 0 Å². The van der Waals surface area contributed by atoms with Gasteiger partial charge in [-0.1, -0.05) is 49.7 Å². The van der Waals surface area contributed by atoms with Crippen LogP contribution in [0.1, 0.15) is 19.4 Å². The van der Waals surface area contributed by atoms with Crippen LogP contribution < -0.4 is 5.32 Å². The number of para-hydroxylation sites is 1. The van der Waals surface area contributed by atoms with Gasteiger partial charge in [0.15, 0.2) is 0 Å². The van der Waals surface area contributed by atoms with Crippen molar-refractivity contribution in [1.29, 1.82) is 0 Å². The summed E-state index contributed by atoms with van der Waals surface area (Å²) >= 11 is 6.18. The van der Waals surface area contributed by atoms with Gasteiger partial charge in [0.25, 0.3) is 0 Å². The SMILES string of the molecule is CC[Si](CC)C1CNc2c(Cl)cccc2C1. The molecular formula is C13H19ClNSi. The van der Waals surface area contributed by atoms with E-state index in [1.54, 1.807) is 0 Å². The highest BCUT2D eigenvalue weighted by Crippen LogP contribution is 2.35. The normalized spacial score (nSPS) is 19.4. The molecule has 1 heterocycles. The van der Waals surface area contributed by atoms with Gasteiger partial charge in [-0.2, -0.15) is 0 Å². The first kappa shape index (κ1) is 12.0. The summed E-state index contributed by atoms with van der Waals surface area (Å²) in [6.45, 7) is 5.79. The molecule has 1 unspecified atom stereocenters. The van der Waals surface area contributed by atoms with Crippen LogP contribution in [0.2, 0.25) is 22.7 Å². The second-order valence-corrected chi connectivity index (χ2v) is 8.38. The van der Waals surface area contributed by atoms with Gasteiger partial charge >= 0.3 is 0 Å². The van der Waals surface area contributed by atoms with Crippen LogP contribution in [-0.2, 0) is 6.42 Å². The number of hydrogen-bond acceptors (Lipinski definition) is 1. The van der Waals surface area contributed by atoms with Crippen LogP contribution in [0, 0.1) is 0 Å². The molecule has 0 spiro atoms. The Balaban J connectivity index is 2.17. The number of nitrogens with one attached hydrogen (secondary N) is 1. The van der Waals surface area contributed by atoms with E-state index in [1.807, 2.05) is 6.07 Å². The van der Waals surface area contributed by atoms with Crippen LogP contribution in [0.3, 0.4) is 0 Å². The molecule has 87 valence electrons. The van der Waals surface area contributed by atoms with E-state index >= 15 is 0 Å². The van der Waals surface area contributed by atoms with Crippen LogP contribution in [0.5, 0.6) is 0 Å². The predicted molar refractivity (Wildman–Crippen MR) is 74.1 cm³/mol. The summed E-state index contributed by atoms with van der Waals surface area (Å²) in [5.41, 5.74) is 3.45. The van der Waals surface area contributed by atoms with Crippen LogP contribution in [0.15, 0.2) is 18.2 Å². The van der Waals surface area contributed by atoms with E-state index in [2.05, 4.69) is 31.3 Å². The average molecular weight is 253 g/mol. The van der Waals surface area contributed by atoms with E-state index in [9.17, 15) is 0 Å². The van der Waals surface area contributed by atoms with E-state index in [0.29, 0.717) is 0 Å². The number of rotatable bonds is 3. The third-order valence-corrected chi connectivity index (χ3v) is 7.27. The number of halogens is 1. The Bertz CT molecular complexity index is 363. The van der Waals surface area contributed by atoms with Gasteiger partial charge in [0.05, 0.1) is 19.5 Å². The minimum Gasteiger partial charge on any atom is -0.384 e. The van der Waals surface area contributed by atoms with Crippen molar-refractivity contribution in [2.75, 3.05) is 11.9 Å². The first-order valence-electron chi connectivity index (χ1n) is 6.12. The molecule has 1 aromatic rings. The van der Waals surface area contributed by atoms with Gasteiger partial charge in [-0.05, 0) is 23.6 Å². The van der Waals surface area contributed by atoms with E-state index < -0.39 is 0 Å². The van der Waals surface area contributed by atoms with Gasteiger partial charge in [-0.25, -0.2) is 0 Å². The van der Waals surface area contributed by atoms with Crippen molar-refractivity contribution in [3.8, 4) is 0 Å². The third-order valence-electron chi connectivity index (χ3n) is 3.58. The molecule has 0 saturated carbocycles. The monoisotopic (exact) mass is 252 g/mol. The molecule has 1 atom stereocenters. The Morgan fingerprint density at radius 1 is 1.38 bits per heavy atom. The zero-order valence-corrected chi connectivity index (χ0v) is 11.8. The van der Waals surface area contributed by atoms with E-state index in [1.165, 1.54) is 29.8 Å². The average Bonchev–Trinajstić information content (AvgIpc) is 2.31. The fourth-order valence-electron chi connectivity index (χ4n) is 2.62. The second kappa shape index (κ2) is 5.24. The molecule has 1 aliphatic heterocycles. The first-order chi connectivity index (χ1) is 7.76. The van der Waals surface area contributed by atoms with E-state index in [0.717, 1.165) is 17.1 Å². The second-order valence-electron chi connectivity index (χ2n) is 4.42. The minimum atomic E-state index is -0.184. The van der Waals surface area contributed by atoms with E-state index in [4.69, 9.17) is 11.6 Å². The van der Waals surface area contributed by atoms with Crippen molar-refractivity contribution in [2.24, 2.45) is 0 Å². The van der Waals surface area contributed by atoms with Crippen molar-refractivity contribution >= 4 is 26.1 Å². The third kappa shape index (κ3) is 2.28. The Morgan fingerprint density at radius 2 is 2.12 bits per heavy atom. The van der Waals surface area contributed by atoms with Crippen LogP contribution >= 0.6 is 11.6 Å². The van der Waals surface area contributed by atoms with Crippen LogP contribution in [0.4, 0.5) is 5.69 Å². The maximum absolute atomic E-state index is 6.18. The molecule has 16 heavy (non-hydrogen) atoms. The summed E-state index contributed by atoms with van der Waals surface area (Å²) in [4.78, 5) is 0. The van der Waals surface area contributed by atoms with Crippen LogP contribution in [0.25, 0.3) is 0 Å². The smallest absolute Gasteiger partial charge is 0.0640 e. The van der Waals surface area contributed by atoms with Gasteiger partial charge < -0.3 is 5.32 Å². The van der Waals surface area contributed by atoms with Crippen molar-refractivity contribution in [1.82, 2.24) is 0 Å². The molecule has 2 rings (SSSR count). The van der Waals surface area contributed by atoms with Gasteiger partial charge in [-0.3, -0.25) is 0 Å².